The fourth-order valence-corrected chi connectivity index (χ4v) is 1.76. The lowest BCUT2D eigenvalue weighted by molar-refractivity contribution is 0.0697. The number of pyridine rings is 2. The molecular weight excluding hydrogens is 266 g/mol. The Hall–Kier alpha value is -2.14. The van der Waals surface area contributed by atoms with Crippen LogP contribution in [0.3, 0.4) is 0 Å². The van der Waals surface area contributed by atoms with Crippen LogP contribution >= 0.6 is 11.6 Å². The third kappa shape index (κ3) is 3.66. The standard InChI is InChI=1S/C13H12ClN3O2/c14-11-8-17-12(6-10(11)13(18)19)16-5-3-9-2-1-4-15-7-9/h1-2,4,6-8H,3,5H2,(H,16,17)(H,18,19). The van der Waals surface area contributed by atoms with Gasteiger partial charge in [0.25, 0.3) is 0 Å². The number of hydrogen-bond donors (Lipinski definition) is 2. The fourth-order valence-electron chi connectivity index (χ4n) is 1.58. The Morgan fingerprint density at radius 2 is 2.26 bits per heavy atom. The molecular formula is C13H12ClN3O2. The van der Waals surface area contributed by atoms with Gasteiger partial charge in [-0.05, 0) is 24.1 Å². The van der Waals surface area contributed by atoms with E-state index in [1.165, 1.54) is 12.3 Å². The van der Waals surface area contributed by atoms with Crippen molar-refractivity contribution in [2.24, 2.45) is 0 Å². The van der Waals surface area contributed by atoms with Gasteiger partial charge in [0.2, 0.25) is 0 Å². The van der Waals surface area contributed by atoms with Crippen LogP contribution in [0.1, 0.15) is 15.9 Å². The first-order valence-electron chi connectivity index (χ1n) is 5.68. The molecule has 0 aliphatic rings. The van der Waals surface area contributed by atoms with Crippen LogP contribution in [0.2, 0.25) is 5.02 Å². The highest BCUT2D eigenvalue weighted by Gasteiger charge is 2.10. The third-order valence-corrected chi connectivity index (χ3v) is 2.83. The van der Waals surface area contributed by atoms with Crippen LogP contribution in [0, 0.1) is 0 Å². The molecule has 6 heteroatoms. The van der Waals surface area contributed by atoms with E-state index >= 15 is 0 Å². The van der Waals surface area contributed by atoms with Crippen LogP contribution in [0.4, 0.5) is 5.82 Å². The van der Waals surface area contributed by atoms with E-state index in [4.69, 9.17) is 16.7 Å². The van der Waals surface area contributed by atoms with Crippen molar-refractivity contribution < 1.29 is 9.90 Å². The van der Waals surface area contributed by atoms with Crippen molar-refractivity contribution in [2.45, 2.75) is 6.42 Å². The second-order valence-electron chi connectivity index (χ2n) is 3.89. The Morgan fingerprint density at radius 1 is 1.42 bits per heavy atom. The van der Waals surface area contributed by atoms with Gasteiger partial charge in [-0.1, -0.05) is 17.7 Å². The molecule has 0 aliphatic carbocycles. The lowest BCUT2D eigenvalue weighted by Gasteiger charge is -2.07. The van der Waals surface area contributed by atoms with Crippen LogP contribution < -0.4 is 5.32 Å². The smallest absolute Gasteiger partial charge is 0.337 e. The molecule has 0 bridgehead atoms. The quantitative estimate of drug-likeness (QED) is 0.878. The Kier molecular flexibility index (Phi) is 4.30. The summed E-state index contributed by atoms with van der Waals surface area (Å²) in [5.41, 5.74) is 1.14. The first kappa shape index (κ1) is 13.3. The molecule has 0 spiro atoms. The summed E-state index contributed by atoms with van der Waals surface area (Å²) in [7, 11) is 0. The number of aromatic carboxylic acids is 1. The van der Waals surface area contributed by atoms with Crippen LogP contribution in [0.5, 0.6) is 0 Å². The second kappa shape index (κ2) is 6.15. The normalized spacial score (nSPS) is 10.2. The monoisotopic (exact) mass is 277 g/mol. The molecule has 0 radical (unpaired) electrons. The van der Waals surface area contributed by atoms with E-state index in [-0.39, 0.29) is 10.6 Å². The zero-order valence-electron chi connectivity index (χ0n) is 10.0. The molecule has 0 unspecified atom stereocenters. The van der Waals surface area contributed by atoms with Crippen LogP contribution in [0.15, 0.2) is 36.8 Å². The number of halogens is 1. The lowest BCUT2D eigenvalue weighted by Crippen LogP contribution is -2.08. The number of hydrogen-bond acceptors (Lipinski definition) is 4. The maximum Gasteiger partial charge on any atom is 0.337 e. The number of carboxylic acids is 1. The molecule has 19 heavy (non-hydrogen) atoms. The molecule has 0 aromatic carbocycles. The number of anilines is 1. The summed E-state index contributed by atoms with van der Waals surface area (Å²) in [5.74, 6) is -0.576. The molecule has 0 saturated carbocycles. The van der Waals surface area contributed by atoms with E-state index in [9.17, 15) is 4.79 Å². The van der Waals surface area contributed by atoms with E-state index in [0.29, 0.717) is 12.4 Å². The minimum absolute atomic E-state index is 0.0422. The molecule has 5 nitrogen and oxygen atoms in total. The zero-order chi connectivity index (χ0) is 13.7. The predicted octanol–water partition coefficient (Wildman–Crippen LogP) is 2.48. The number of rotatable bonds is 5. The van der Waals surface area contributed by atoms with Crippen molar-refractivity contribution in [3.63, 3.8) is 0 Å². The topological polar surface area (TPSA) is 75.1 Å². The summed E-state index contributed by atoms with van der Waals surface area (Å²) in [4.78, 5) is 19.0. The fraction of sp³-hybridized carbons (Fsp3) is 0.154. The summed E-state index contributed by atoms with van der Waals surface area (Å²) >= 11 is 5.74. The zero-order valence-corrected chi connectivity index (χ0v) is 10.8. The Bertz CT molecular complexity index is 575. The van der Waals surface area contributed by atoms with Gasteiger partial charge in [0.1, 0.15) is 5.82 Å². The van der Waals surface area contributed by atoms with Crippen molar-refractivity contribution >= 4 is 23.4 Å². The summed E-state index contributed by atoms with van der Waals surface area (Å²) in [6.07, 6.45) is 5.62. The number of nitrogens with one attached hydrogen (secondary N) is 1. The van der Waals surface area contributed by atoms with E-state index < -0.39 is 5.97 Å². The Labute approximate surface area is 115 Å². The summed E-state index contributed by atoms with van der Waals surface area (Å²) in [5, 5.41) is 12.1. The largest absolute Gasteiger partial charge is 0.478 e. The lowest BCUT2D eigenvalue weighted by atomic mass is 10.2. The average molecular weight is 278 g/mol. The van der Waals surface area contributed by atoms with Gasteiger partial charge < -0.3 is 10.4 Å². The summed E-state index contributed by atoms with van der Waals surface area (Å²) in [6.45, 7) is 0.638. The van der Waals surface area contributed by atoms with E-state index in [2.05, 4.69) is 15.3 Å². The number of nitrogens with zero attached hydrogens (tertiary/aromatic N) is 2. The Morgan fingerprint density at radius 3 is 2.95 bits per heavy atom. The highest BCUT2D eigenvalue weighted by Crippen LogP contribution is 2.17. The van der Waals surface area contributed by atoms with Gasteiger partial charge >= 0.3 is 5.97 Å². The molecule has 2 aromatic heterocycles. The van der Waals surface area contributed by atoms with Crippen molar-refractivity contribution in [3.05, 3.63) is 52.9 Å². The van der Waals surface area contributed by atoms with Gasteiger partial charge in [-0.2, -0.15) is 0 Å². The van der Waals surface area contributed by atoms with Crippen molar-refractivity contribution in [1.29, 1.82) is 0 Å². The van der Waals surface area contributed by atoms with E-state index in [0.717, 1.165) is 12.0 Å². The van der Waals surface area contributed by atoms with Crippen LogP contribution in [-0.2, 0) is 6.42 Å². The summed E-state index contributed by atoms with van der Waals surface area (Å²) in [6, 6.07) is 5.28. The average Bonchev–Trinajstić information content (AvgIpc) is 2.41. The van der Waals surface area contributed by atoms with Crippen molar-refractivity contribution in [1.82, 2.24) is 9.97 Å². The van der Waals surface area contributed by atoms with Crippen LogP contribution in [-0.4, -0.2) is 27.6 Å². The predicted molar refractivity (Wildman–Crippen MR) is 72.6 cm³/mol. The highest BCUT2D eigenvalue weighted by atomic mass is 35.5. The van der Waals surface area contributed by atoms with Gasteiger partial charge in [-0.15, -0.1) is 0 Å². The van der Waals surface area contributed by atoms with Gasteiger partial charge in [0.15, 0.2) is 0 Å². The summed E-state index contributed by atoms with van der Waals surface area (Å²) < 4.78 is 0. The molecule has 98 valence electrons. The molecule has 2 heterocycles. The van der Waals surface area contributed by atoms with E-state index in [1.54, 1.807) is 12.4 Å². The number of aromatic nitrogens is 2. The maximum absolute atomic E-state index is 10.9. The molecule has 2 rings (SSSR count). The first-order chi connectivity index (χ1) is 9.16. The highest BCUT2D eigenvalue weighted by molar-refractivity contribution is 6.33. The van der Waals surface area contributed by atoms with Gasteiger partial charge in [0.05, 0.1) is 10.6 Å². The molecule has 2 N–H and O–H groups in total. The molecule has 2 aromatic rings. The number of carboxylic acid groups (broad SMARTS) is 1. The van der Waals surface area contributed by atoms with Crippen molar-refractivity contribution in [3.8, 4) is 0 Å². The molecule has 0 aliphatic heterocycles. The molecule has 0 amide bonds. The third-order valence-electron chi connectivity index (χ3n) is 2.53. The minimum atomic E-state index is -1.07. The van der Waals surface area contributed by atoms with Crippen LogP contribution in [0.25, 0.3) is 0 Å². The number of carbonyl (C=O) groups is 1. The molecule has 0 saturated heterocycles. The maximum atomic E-state index is 10.9. The van der Waals surface area contributed by atoms with E-state index in [1.807, 2.05) is 12.1 Å². The Balaban J connectivity index is 1.97. The molecule has 0 fully saturated rings. The van der Waals surface area contributed by atoms with Gasteiger partial charge in [-0.25, -0.2) is 9.78 Å². The first-order valence-corrected chi connectivity index (χ1v) is 6.06. The van der Waals surface area contributed by atoms with Gasteiger partial charge in [-0.3, -0.25) is 4.98 Å². The van der Waals surface area contributed by atoms with Gasteiger partial charge in [0, 0.05) is 25.1 Å². The molecule has 0 atom stereocenters. The SMILES string of the molecule is O=C(O)c1cc(NCCc2cccnc2)ncc1Cl. The van der Waals surface area contributed by atoms with Crippen molar-refractivity contribution in [2.75, 3.05) is 11.9 Å². The second-order valence-corrected chi connectivity index (χ2v) is 4.30. The minimum Gasteiger partial charge on any atom is -0.478 e.